The molecule has 2 aliphatic rings. The zero-order valence-corrected chi connectivity index (χ0v) is 80.5. The van der Waals surface area contributed by atoms with E-state index in [0.29, 0.717) is 186 Å². The van der Waals surface area contributed by atoms with Gasteiger partial charge in [-0.05, 0) is 116 Å². The third-order valence-electron chi connectivity index (χ3n) is 22.1. The zero-order valence-electron chi connectivity index (χ0n) is 78.3. The summed E-state index contributed by atoms with van der Waals surface area (Å²) >= 11 is 20.4. The molecule has 3 N–H and O–H groups in total. The monoisotopic (exact) mass is 1900 g/mol. The second kappa shape index (κ2) is 61.2. The summed E-state index contributed by atoms with van der Waals surface area (Å²) in [4.78, 5) is 49.9. The highest BCUT2D eigenvalue weighted by molar-refractivity contribution is 6.35. The van der Waals surface area contributed by atoms with E-state index in [1.54, 1.807) is 6.07 Å². The number of halogens is 3. The Bertz CT molecular complexity index is 4920. The predicted molar refractivity (Wildman–Crippen MR) is 525 cm³/mol. The van der Waals surface area contributed by atoms with Crippen molar-refractivity contribution in [3.63, 3.8) is 0 Å². The average molecular weight is 1900 g/mol. The van der Waals surface area contributed by atoms with Crippen molar-refractivity contribution in [3.8, 4) is 22.3 Å². The first-order valence-corrected chi connectivity index (χ1v) is 47.2. The lowest BCUT2D eigenvalue weighted by Gasteiger charge is -2.36. The SMILES string of the molecule is CCN(C(C)C)C(C)C.Cc1ccc(C(Cl)(c2ccccc2)c2ccccc2Cl)cc1.Cc1ccc(C(OC(=O)CCOCCOCCOCCOCCOCCOCCNC(=O)OCC2c3ccccc3-c3ccccc32)(c2ccccc2)c2ccccc2Cl)cc1.O=C(O)CCOCCOCCOCCOCCOCCOCCNC(=O)OCC1c2ccccc2-c2ccccc21. The van der Waals surface area contributed by atoms with E-state index in [-0.39, 0.29) is 51.1 Å². The minimum absolute atomic E-state index is 0.00678. The van der Waals surface area contributed by atoms with Crippen molar-refractivity contribution >= 4 is 58.9 Å². The van der Waals surface area contributed by atoms with Crippen LogP contribution in [0.4, 0.5) is 9.59 Å². The minimum atomic E-state index is -1.25. The molecule has 2 atom stereocenters. The molecule has 0 saturated carbocycles. The Morgan fingerprint density at radius 2 is 0.619 bits per heavy atom. The molecule has 0 radical (unpaired) electrons. The fourth-order valence-electron chi connectivity index (χ4n) is 15.5. The molecule has 0 saturated heterocycles. The summed E-state index contributed by atoms with van der Waals surface area (Å²) in [5, 5.41) is 15.1. The molecule has 0 bridgehead atoms. The molecule has 10 aromatic rings. The Kier molecular flexibility index (Phi) is 49.2. The molecule has 10 aromatic carbocycles. The number of rotatable bonds is 56. The first-order chi connectivity index (χ1) is 65.3. The number of aliphatic carboxylic acids is 1. The molecule has 0 aliphatic heterocycles. The van der Waals surface area contributed by atoms with E-state index in [0.717, 1.165) is 39.9 Å². The van der Waals surface area contributed by atoms with Crippen LogP contribution >= 0.6 is 34.8 Å². The second-order valence-corrected chi connectivity index (χ2v) is 33.4. The number of fused-ring (bicyclic) bond motifs is 6. The minimum Gasteiger partial charge on any atom is -0.481 e. The van der Waals surface area contributed by atoms with E-state index in [2.05, 4.69) is 130 Å². The van der Waals surface area contributed by atoms with Crippen LogP contribution in [0.15, 0.2) is 255 Å². The molecule has 0 fully saturated rings. The van der Waals surface area contributed by atoms with Crippen molar-refractivity contribution in [1.82, 2.24) is 15.5 Å². The number of carbonyl (C=O) groups excluding carboxylic acids is 3. The molecule has 0 spiro atoms. The fraction of sp³-hybridized carbons (Fsp3) is 0.407. The summed E-state index contributed by atoms with van der Waals surface area (Å²) in [6.45, 7) is 27.1. The van der Waals surface area contributed by atoms with Crippen LogP contribution in [-0.4, -0.2) is 238 Å². The number of ether oxygens (including phenoxy) is 15. The van der Waals surface area contributed by atoms with Crippen molar-refractivity contribution in [3.05, 3.63) is 332 Å². The fourth-order valence-corrected chi connectivity index (χ4v) is 16.6. The van der Waals surface area contributed by atoms with Gasteiger partial charge in [-0.2, -0.15) is 0 Å². The van der Waals surface area contributed by atoms with Gasteiger partial charge in [0.1, 0.15) is 18.1 Å². The number of carbonyl (C=O) groups is 4. The van der Waals surface area contributed by atoms with Crippen LogP contribution in [0.25, 0.3) is 22.3 Å². The molecule has 23 nitrogen and oxygen atoms in total. The molecule has 134 heavy (non-hydrogen) atoms. The first-order valence-electron chi connectivity index (χ1n) is 46.1. The number of carboxylic acid groups (broad SMARTS) is 1. The lowest BCUT2D eigenvalue weighted by molar-refractivity contribution is -0.155. The largest absolute Gasteiger partial charge is 0.481 e. The summed E-state index contributed by atoms with van der Waals surface area (Å²) in [7, 11) is 0. The van der Waals surface area contributed by atoms with E-state index in [1.165, 1.54) is 50.1 Å². The van der Waals surface area contributed by atoms with Crippen LogP contribution in [0.2, 0.25) is 10.0 Å². The molecule has 12 rings (SSSR count). The number of benzene rings is 10. The van der Waals surface area contributed by atoms with Crippen molar-refractivity contribution < 1.29 is 95.3 Å². The highest BCUT2D eigenvalue weighted by atomic mass is 35.5. The summed E-state index contributed by atoms with van der Waals surface area (Å²) in [5.74, 6) is -1.23. The number of alkyl carbamates (subject to hydrolysis) is 2. The number of hydrogen-bond acceptors (Lipinski definition) is 20. The second-order valence-electron chi connectivity index (χ2n) is 32.0. The summed E-state index contributed by atoms with van der Waals surface area (Å²) in [5.41, 5.74) is 15.7. The molecule has 0 heterocycles. The van der Waals surface area contributed by atoms with Crippen molar-refractivity contribution in [1.29, 1.82) is 0 Å². The van der Waals surface area contributed by atoms with Crippen molar-refractivity contribution in [2.75, 3.05) is 191 Å². The van der Waals surface area contributed by atoms with Gasteiger partial charge in [0, 0.05) is 69.3 Å². The van der Waals surface area contributed by atoms with Crippen LogP contribution in [-0.2, 0) is 91.1 Å². The third-order valence-corrected chi connectivity index (χ3v) is 23.4. The highest BCUT2D eigenvalue weighted by Crippen LogP contribution is 2.49. The Morgan fingerprint density at radius 1 is 0.343 bits per heavy atom. The molecule has 0 aromatic heterocycles. The standard InChI is InChI=1S/C50H56ClNO10.C30H41NO10.C20H16Cl2.C8H19N/c1-38-19-21-40(22-20-38)50(39-11-3-2-4-12-39,46-17-9-10-18-47(46)51)62-48(53)23-25-55-27-29-57-31-33-59-35-36-60-34-32-58-30-28-56-26-24-52-49(54)61-37-45-43-15-7-5-13-41(43)42-14-6-8-16-44(42)45;32-29(33)9-11-35-13-15-37-17-19-39-21-22-40-20-18-38-16-14-36-12-10-31-30(34)41-23-28-26-7-3-1-5-24(26)25-6-2-4-8-27(25)28;1-15-11-13-17(14-12-15)20(22,16-7-3-2-4-8-16)18-9-5-6-10-19(18)21;1-6-9(7(2)3)8(4)5/h2-22,45H,23-37H2,1H3,(H,52,54);1-8,28H,9-23H2,(H,31,34)(H,32,33);2-14H,1H3;7-8H,6H2,1-5H3. The molecule has 2 amide bonds. The lowest BCUT2D eigenvalue weighted by Crippen LogP contribution is -2.36. The maximum atomic E-state index is 13.4. The maximum absolute atomic E-state index is 13.4. The van der Waals surface area contributed by atoms with Gasteiger partial charge in [-0.3, -0.25) is 14.5 Å². The lowest BCUT2D eigenvalue weighted by atomic mass is 9.79. The summed E-state index contributed by atoms with van der Waals surface area (Å²) in [6, 6.07) is 85.5. The van der Waals surface area contributed by atoms with E-state index in [1.807, 2.05) is 183 Å². The van der Waals surface area contributed by atoms with E-state index in [4.69, 9.17) is 111 Å². The van der Waals surface area contributed by atoms with E-state index >= 15 is 0 Å². The number of esters is 1. The number of hydrogen-bond donors (Lipinski definition) is 3. The van der Waals surface area contributed by atoms with Crippen molar-refractivity contribution in [2.45, 2.75) is 95.7 Å². The summed E-state index contributed by atoms with van der Waals surface area (Å²) in [6.07, 6.45) is -0.874. The van der Waals surface area contributed by atoms with E-state index < -0.39 is 34.6 Å². The van der Waals surface area contributed by atoms with Gasteiger partial charge < -0.3 is 86.8 Å². The molecular weight excluding hydrogens is 1770 g/mol. The maximum Gasteiger partial charge on any atom is 0.407 e. The topological polar surface area (TPSA) is 254 Å². The van der Waals surface area contributed by atoms with Gasteiger partial charge in [-0.25, -0.2) is 9.59 Å². The molecule has 26 heteroatoms. The van der Waals surface area contributed by atoms with Crippen LogP contribution in [0.1, 0.15) is 126 Å². The smallest absolute Gasteiger partial charge is 0.407 e. The highest BCUT2D eigenvalue weighted by Gasteiger charge is 2.43. The number of nitrogens with zero attached hydrogens (tertiary/aromatic N) is 1. The van der Waals surface area contributed by atoms with Gasteiger partial charge >= 0.3 is 24.1 Å². The van der Waals surface area contributed by atoms with Gasteiger partial charge in [0.25, 0.3) is 0 Å². The number of amides is 2. The van der Waals surface area contributed by atoms with Crippen LogP contribution in [0.5, 0.6) is 0 Å². The molecule has 2 unspecified atom stereocenters. The Labute approximate surface area is 805 Å². The van der Waals surface area contributed by atoms with Gasteiger partial charge in [-0.1, -0.05) is 284 Å². The normalized spacial score (nSPS) is 12.8. The van der Waals surface area contributed by atoms with Gasteiger partial charge in [0.05, 0.1) is 171 Å². The van der Waals surface area contributed by atoms with Crippen LogP contribution < -0.4 is 10.6 Å². The average Bonchev–Trinajstić information content (AvgIpc) is 1.17. The molecular formula is C108H132Cl3N3O20. The first kappa shape index (κ1) is 108. The van der Waals surface area contributed by atoms with E-state index in [9.17, 15) is 19.2 Å². The third kappa shape index (κ3) is 35.3. The Hall–Kier alpha value is -9.97. The Morgan fingerprint density at radius 3 is 0.948 bits per heavy atom. The zero-order chi connectivity index (χ0) is 95.2. The number of carboxylic acids is 1. The van der Waals surface area contributed by atoms with Crippen molar-refractivity contribution in [2.24, 2.45) is 0 Å². The quantitative estimate of drug-likeness (QED) is 0.0105. The van der Waals surface area contributed by atoms with Gasteiger partial charge in [0.2, 0.25) is 0 Å². The van der Waals surface area contributed by atoms with Crippen LogP contribution in [0.3, 0.4) is 0 Å². The molecule has 720 valence electrons. The van der Waals surface area contributed by atoms with Crippen LogP contribution in [0, 0.1) is 13.8 Å². The van der Waals surface area contributed by atoms with Gasteiger partial charge in [-0.15, -0.1) is 11.6 Å². The Balaban J connectivity index is 0.000000237. The number of alkyl halides is 1. The molecule has 2 aliphatic carbocycles. The number of nitrogens with one attached hydrogen (secondary N) is 2. The summed E-state index contributed by atoms with van der Waals surface area (Å²) < 4.78 is 83.2. The predicted octanol–water partition coefficient (Wildman–Crippen LogP) is 19.9. The van der Waals surface area contributed by atoms with Gasteiger partial charge in [0.15, 0.2) is 5.60 Å². The number of aryl methyl sites for hydroxylation is 2.